The first-order valence-electron chi connectivity index (χ1n) is 6.34. The first-order chi connectivity index (χ1) is 10.1. The van der Waals surface area contributed by atoms with E-state index in [9.17, 15) is 8.42 Å². The maximum absolute atomic E-state index is 12.3. The van der Waals surface area contributed by atoms with Crippen LogP contribution in [0.5, 0.6) is 0 Å². The van der Waals surface area contributed by atoms with Crippen molar-refractivity contribution in [2.24, 2.45) is 0 Å². The number of sulfonamides is 1. The quantitative estimate of drug-likeness (QED) is 0.820. The molecule has 0 aliphatic carbocycles. The maximum Gasteiger partial charge on any atom is 0.242 e. The Morgan fingerprint density at radius 2 is 2.00 bits per heavy atom. The van der Waals surface area contributed by atoms with Crippen molar-refractivity contribution in [2.45, 2.75) is 17.9 Å². The minimum Gasteiger partial charge on any atom is -0.468 e. The molecule has 110 valence electrons. The number of aliphatic hydroxyl groups is 1. The van der Waals surface area contributed by atoms with Crippen LogP contribution in [0.4, 0.5) is 0 Å². The van der Waals surface area contributed by atoms with E-state index in [0.717, 1.165) is 0 Å². The van der Waals surface area contributed by atoms with Crippen molar-refractivity contribution in [2.75, 3.05) is 6.61 Å². The fraction of sp³-hybridized carbons (Fsp3) is 0.200. The summed E-state index contributed by atoms with van der Waals surface area (Å²) in [4.78, 5) is 0.113. The van der Waals surface area contributed by atoms with Gasteiger partial charge in [0.25, 0.3) is 0 Å². The summed E-state index contributed by atoms with van der Waals surface area (Å²) in [7, 11) is -3.68. The molecule has 0 radical (unpaired) electrons. The van der Waals surface area contributed by atoms with Crippen molar-refractivity contribution in [3.8, 4) is 11.8 Å². The number of nitrogens with one attached hydrogen (secondary N) is 1. The standard InChI is InChI=1S/C15H15NO4S/c17-10-4-3-7-13-6-1-2-9-15(13)21(18,19)16-12-14-8-5-11-20-14/h1-2,5-6,8-9,11,16-17H,4,10,12H2. The van der Waals surface area contributed by atoms with Crippen molar-refractivity contribution in [3.63, 3.8) is 0 Å². The highest BCUT2D eigenvalue weighted by Gasteiger charge is 2.17. The molecular weight excluding hydrogens is 290 g/mol. The predicted octanol–water partition coefficient (Wildman–Crippen LogP) is 1.49. The maximum atomic E-state index is 12.3. The smallest absolute Gasteiger partial charge is 0.242 e. The number of aliphatic hydroxyl groups excluding tert-OH is 1. The zero-order valence-electron chi connectivity index (χ0n) is 11.2. The second-order valence-electron chi connectivity index (χ2n) is 4.18. The van der Waals surface area contributed by atoms with Gasteiger partial charge in [0.2, 0.25) is 10.0 Å². The molecule has 1 heterocycles. The lowest BCUT2D eigenvalue weighted by atomic mass is 10.2. The van der Waals surface area contributed by atoms with Crippen LogP contribution in [0.3, 0.4) is 0 Å². The van der Waals surface area contributed by atoms with E-state index in [1.807, 2.05) is 0 Å². The monoisotopic (exact) mass is 305 g/mol. The summed E-state index contributed by atoms with van der Waals surface area (Å²) in [5, 5.41) is 8.72. The third-order valence-corrected chi connectivity index (χ3v) is 4.11. The van der Waals surface area contributed by atoms with Crippen LogP contribution in [0.1, 0.15) is 17.7 Å². The van der Waals surface area contributed by atoms with Gasteiger partial charge in [0.15, 0.2) is 0 Å². The molecule has 0 atom stereocenters. The van der Waals surface area contributed by atoms with Crippen LogP contribution >= 0.6 is 0 Å². The van der Waals surface area contributed by atoms with Crippen molar-refractivity contribution >= 4 is 10.0 Å². The van der Waals surface area contributed by atoms with Crippen molar-refractivity contribution in [1.82, 2.24) is 4.72 Å². The van der Waals surface area contributed by atoms with Gasteiger partial charge in [-0.1, -0.05) is 24.0 Å². The molecule has 0 saturated heterocycles. The lowest BCUT2D eigenvalue weighted by Gasteiger charge is -2.07. The Bertz CT molecular complexity index is 739. The Morgan fingerprint density at radius 1 is 1.19 bits per heavy atom. The molecule has 0 aliphatic heterocycles. The summed E-state index contributed by atoms with van der Waals surface area (Å²) >= 11 is 0. The first kappa shape index (κ1) is 15.3. The Morgan fingerprint density at radius 3 is 2.71 bits per heavy atom. The summed E-state index contributed by atoms with van der Waals surface area (Å²) < 4.78 is 32.2. The predicted molar refractivity (Wildman–Crippen MR) is 77.8 cm³/mol. The van der Waals surface area contributed by atoms with Crippen LogP contribution in [0, 0.1) is 11.8 Å². The largest absolute Gasteiger partial charge is 0.468 e. The highest BCUT2D eigenvalue weighted by atomic mass is 32.2. The fourth-order valence-electron chi connectivity index (χ4n) is 1.67. The zero-order valence-corrected chi connectivity index (χ0v) is 12.1. The molecule has 1 aromatic carbocycles. The van der Waals surface area contributed by atoms with E-state index in [-0.39, 0.29) is 18.0 Å². The molecule has 0 bridgehead atoms. The molecule has 2 rings (SSSR count). The third kappa shape index (κ3) is 4.20. The van der Waals surface area contributed by atoms with Gasteiger partial charge in [-0.3, -0.25) is 0 Å². The second-order valence-corrected chi connectivity index (χ2v) is 5.91. The Labute approximate surface area is 123 Å². The first-order valence-corrected chi connectivity index (χ1v) is 7.82. The van der Waals surface area contributed by atoms with Crippen molar-refractivity contribution < 1.29 is 17.9 Å². The van der Waals surface area contributed by atoms with E-state index >= 15 is 0 Å². The summed E-state index contributed by atoms with van der Waals surface area (Å²) in [5.74, 6) is 6.01. The number of hydrogen-bond acceptors (Lipinski definition) is 4. The van der Waals surface area contributed by atoms with Gasteiger partial charge in [-0.2, -0.15) is 0 Å². The summed E-state index contributed by atoms with van der Waals surface area (Å²) in [6.45, 7) is 0.0202. The number of benzene rings is 1. The number of rotatable bonds is 5. The van der Waals surface area contributed by atoms with Gasteiger partial charge in [-0.25, -0.2) is 13.1 Å². The van der Waals surface area contributed by atoms with Gasteiger partial charge < -0.3 is 9.52 Å². The third-order valence-electron chi connectivity index (χ3n) is 2.65. The van der Waals surface area contributed by atoms with Gasteiger partial charge in [-0.05, 0) is 24.3 Å². The van der Waals surface area contributed by atoms with E-state index in [4.69, 9.17) is 9.52 Å². The van der Waals surface area contributed by atoms with E-state index in [1.165, 1.54) is 12.3 Å². The topological polar surface area (TPSA) is 79.5 Å². The molecule has 5 nitrogen and oxygen atoms in total. The average Bonchev–Trinajstić information content (AvgIpc) is 2.99. The van der Waals surface area contributed by atoms with Gasteiger partial charge in [0.05, 0.1) is 24.3 Å². The Balaban J connectivity index is 2.21. The molecular formula is C15H15NO4S. The van der Waals surface area contributed by atoms with E-state index in [0.29, 0.717) is 17.7 Å². The molecule has 0 amide bonds. The van der Waals surface area contributed by atoms with Gasteiger partial charge in [0, 0.05) is 12.0 Å². The summed E-state index contributed by atoms with van der Waals surface area (Å²) in [6, 6.07) is 9.86. The molecule has 0 fully saturated rings. The average molecular weight is 305 g/mol. The molecule has 0 saturated carbocycles. The van der Waals surface area contributed by atoms with Crippen LogP contribution in [-0.4, -0.2) is 20.1 Å². The fourth-order valence-corrected chi connectivity index (χ4v) is 2.83. The van der Waals surface area contributed by atoms with Crippen LogP contribution in [-0.2, 0) is 16.6 Å². The van der Waals surface area contributed by atoms with Crippen LogP contribution < -0.4 is 4.72 Å². The van der Waals surface area contributed by atoms with Crippen molar-refractivity contribution in [3.05, 3.63) is 54.0 Å². The molecule has 2 N–H and O–H groups in total. The highest BCUT2D eigenvalue weighted by molar-refractivity contribution is 7.89. The van der Waals surface area contributed by atoms with Gasteiger partial charge >= 0.3 is 0 Å². The van der Waals surface area contributed by atoms with E-state index < -0.39 is 10.0 Å². The van der Waals surface area contributed by atoms with Gasteiger partial charge in [-0.15, -0.1) is 0 Å². The molecule has 2 aromatic rings. The molecule has 6 heteroatoms. The number of furan rings is 1. The minimum atomic E-state index is -3.68. The van der Waals surface area contributed by atoms with Crippen LogP contribution in [0.2, 0.25) is 0 Å². The molecule has 0 unspecified atom stereocenters. The Hall–Kier alpha value is -2.07. The van der Waals surface area contributed by atoms with Crippen LogP contribution in [0.15, 0.2) is 52.0 Å². The van der Waals surface area contributed by atoms with Crippen LogP contribution in [0.25, 0.3) is 0 Å². The zero-order chi connectivity index (χ0) is 15.1. The molecule has 1 aromatic heterocycles. The SMILES string of the molecule is O=S(=O)(NCc1ccco1)c1ccccc1C#CCCO. The van der Waals surface area contributed by atoms with Gasteiger partial charge in [0.1, 0.15) is 5.76 Å². The summed E-state index contributed by atoms with van der Waals surface area (Å²) in [6.07, 6.45) is 1.78. The molecule has 21 heavy (non-hydrogen) atoms. The molecule has 0 aliphatic rings. The minimum absolute atomic E-state index is 0.0569. The molecule has 0 spiro atoms. The highest BCUT2D eigenvalue weighted by Crippen LogP contribution is 2.15. The summed E-state index contributed by atoms with van der Waals surface area (Å²) in [5.41, 5.74) is 0.401. The lowest BCUT2D eigenvalue weighted by molar-refractivity contribution is 0.305. The lowest BCUT2D eigenvalue weighted by Crippen LogP contribution is -2.23. The number of hydrogen-bond donors (Lipinski definition) is 2. The second kappa shape index (κ2) is 7.09. The van der Waals surface area contributed by atoms with E-state index in [2.05, 4.69) is 16.6 Å². The Kier molecular flexibility index (Phi) is 5.17. The van der Waals surface area contributed by atoms with E-state index in [1.54, 1.807) is 30.3 Å². The van der Waals surface area contributed by atoms with Crippen molar-refractivity contribution in [1.29, 1.82) is 0 Å². The normalized spacial score (nSPS) is 10.9.